The molecule has 7 heteroatoms. The van der Waals surface area contributed by atoms with Crippen LogP contribution in [0.2, 0.25) is 0 Å². The fourth-order valence-electron chi connectivity index (χ4n) is 1.73. The Labute approximate surface area is 109 Å². The normalized spacial score (nSPS) is 10.5. The van der Waals surface area contributed by atoms with E-state index in [1.54, 1.807) is 26.0 Å². The number of hydrazine groups is 1. The standard InChI is InChI=1S/C12H14N4O3/c1-7-5-9(19-11(7)12(18)14-13)6-16-10(17)4-3-8(2)15-16/h3-5H,6,13H2,1-2H3,(H,14,18). The van der Waals surface area contributed by atoms with Crippen molar-refractivity contribution in [3.05, 3.63) is 51.3 Å². The van der Waals surface area contributed by atoms with Crippen LogP contribution in [0.3, 0.4) is 0 Å². The third-order valence-corrected chi connectivity index (χ3v) is 2.61. The molecule has 100 valence electrons. The molecule has 19 heavy (non-hydrogen) atoms. The molecule has 2 aromatic rings. The first-order chi connectivity index (χ1) is 9.01. The van der Waals surface area contributed by atoms with E-state index in [9.17, 15) is 9.59 Å². The van der Waals surface area contributed by atoms with Gasteiger partial charge in [0.25, 0.3) is 5.56 Å². The fourth-order valence-corrected chi connectivity index (χ4v) is 1.73. The predicted octanol–water partition coefficient (Wildman–Crippen LogP) is 0.105. The minimum absolute atomic E-state index is 0.137. The van der Waals surface area contributed by atoms with Crippen molar-refractivity contribution in [2.75, 3.05) is 0 Å². The van der Waals surface area contributed by atoms with Gasteiger partial charge in [-0.05, 0) is 26.0 Å². The van der Waals surface area contributed by atoms with E-state index in [2.05, 4.69) is 5.10 Å². The second-order valence-corrected chi connectivity index (χ2v) is 4.17. The molecule has 0 aromatic carbocycles. The Morgan fingerprint density at radius 2 is 2.21 bits per heavy atom. The van der Waals surface area contributed by atoms with E-state index in [4.69, 9.17) is 10.3 Å². The molecular formula is C12H14N4O3. The lowest BCUT2D eigenvalue weighted by Crippen LogP contribution is -2.30. The molecule has 0 bridgehead atoms. The molecular weight excluding hydrogens is 248 g/mol. The molecule has 2 aromatic heterocycles. The molecule has 2 rings (SSSR count). The summed E-state index contributed by atoms with van der Waals surface area (Å²) < 4.78 is 6.65. The summed E-state index contributed by atoms with van der Waals surface area (Å²) in [4.78, 5) is 23.0. The third kappa shape index (κ3) is 2.71. The van der Waals surface area contributed by atoms with Crippen molar-refractivity contribution in [1.29, 1.82) is 0 Å². The predicted molar refractivity (Wildman–Crippen MR) is 67.4 cm³/mol. The number of carbonyl (C=O) groups is 1. The molecule has 1 amide bonds. The number of nitrogens with two attached hydrogens (primary N) is 1. The number of rotatable bonds is 3. The lowest BCUT2D eigenvalue weighted by Gasteiger charge is -2.02. The van der Waals surface area contributed by atoms with E-state index >= 15 is 0 Å². The lowest BCUT2D eigenvalue weighted by molar-refractivity contribution is 0.0923. The van der Waals surface area contributed by atoms with Gasteiger partial charge in [-0.1, -0.05) is 0 Å². The van der Waals surface area contributed by atoms with Crippen LogP contribution in [0.1, 0.15) is 27.6 Å². The number of nitrogen functional groups attached to an aromatic ring is 1. The van der Waals surface area contributed by atoms with Gasteiger partial charge in [0.15, 0.2) is 5.76 Å². The van der Waals surface area contributed by atoms with Gasteiger partial charge in [0.1, 0.15) is 12.3 Å². The highest BCUT2D eigenvalue weighted by Gasteiger charge is 2.15. The van der Waals surface area contributed by atoms with Crippen LogP contribution in [0.15, 0.2) is 27.4 Å². The molecule has 0 fully saturated rings. The van der Waals surface area contributed by atoms with Crippen molar-refractivity contribution < 1.29 is 9.21 Å². The number of nitrogens with one attached hydrogen (secondary N) is 1. The zero-order chi connectivity index (χ0) is 14.0. The topological polar surface area (TPSA) is 103 Å². The van der Waals surface area contributed by atoms with Gasteiger partial charge in [-0.2, -0.15) is 5.10 Å². The van der Waals surface area contributed by atoms with Crippen LogP contribution in [-0.4, -0.2) is 15.7 Å². The Balaban J connectivity index is 2.32. The fraction of sp³-hybridized carbons (Fsp3) is 0.250. The Morgan fingerprint density at radius 1 is 1.47 bits per heavy atom. The van der Waals surface area contributed by atoms with Crippen LogP contribution >= 0.6 is 0 Å². The molecule has 0 aliphatic heterocycles. The van der Waals surface area contributed by atoms with Crippen molar-refractivity contribution in [1.82, 2.24) is 15.2 Å². The van der Waals surface area contributed by atoms with Crippen molar-refractivity contribution in [2.45, 2.75) is 20.4 Å². The van der Waals surface area contributed by atoms with Crippen LogP contribution in [0, 0.1) is 13.8 Å². The summed E-state index contributed by atoms with van der Waals surface area (Å²) in [6.07, 6.45) is 0. The van der Waals surface area contributed by atoms with Gasteiger partial charge < -0.3 is 4.42 Å². The highest BCUT2D eigenvalue weighted by Crippen LogP contribution is 2.14. The van der Waals surface area contributed by atoms with Gasteiger partial charge in [-0.3, -0.25) is 15.0 Å². The molecule has 3 N–H and O–H groups in total. The average Bonchev–Trinajstić information content (AvgIpc) is 2.74. The average molecular weight is 262 g/mol. The minimum Gasteiger partial charge on any atom is -0.454 e. The summed E-state index contributed by atoms with van der Waals surface area (Å²) in [6.45, 7) is 3.68. The number of hydrogen-bond acceptors (Lipinski definition) is 5. The Bertz CT molecular complexity index is 672. The molecule has 0 aliphatic carbocycles. The highest BCUT2D eigenvalue weighted by molar-refractivity contribution is 5.92. The molecule has 0 unspecified atom stereocenters. The number of aryl methyl sites for hydroxylation is 2. The van der Waals surface area contributed by atoms with Crippen LogP contribution in [-0.2, 0) is 6.54 Å². The van der Waals surface area contributed by atoms with Gasteiger partial charge in [0, 0.05) is 11.6 Å². The van der Waals surface area contributed by atoms with Gasteiger partial charge in [-0.25, -0.2) is 10.5 Å². The first-order valence-corrected chi connectivity index (χ1v) is 5.66. The van der Waals surface area contributed by atoms with E-state index < -0.39 is 5.91 Å². The molecule has 2 heterocycles. The summed E-state index contributed by atoms with van der Waals surface area (Å²) >= 11 is 0. The number of hydrogen-bond donors (Lipinski definition) is 2. The Kier molecular flexibility index (Phi) is 3.48. The zero-order valence-corrected chi connectivity index (χ0v) is 10.6. The summed E-state index contributed by atoms with van der Waals surface area (Å²) in [5.74, 6) is 5.15. The number of carbonyl (C=O) groups excluding carboxylic acids is 1. The molecule has 0 spiro atoms. The van der Waals surface area contributed by atoms with Gasteiger partial charge in [-0.15, -0.1) is 0 Å². The molecule has 0 atom stereocenters. The van der Waals surface area contributed by atoms with Crippen LogP contribution < -0.4 is 16.8 Å². The first-order valence-electron chi connectivity index (χ1n) is 5.66. The van der Waals surface area contributed by atoms with E-state index in [0.29, 0.717) is 11.3 Å². The summed E-state index contributed by atoms with van der Waals surface area (Å²) in [6, 6.07) is 4.76. The van der Waals surface area contributed by atoms with Gasteiger partial charge in [0.05, 0.1) is 5.69 Å². The van der Waals surface area contributed by atoms with Crippen molar-refractivity contribution >= 4 is 5.91 Å². The molecule has 0 saturated heterocycles. The monoisotopic (exact) mass is 262 g/mol. The molecule has 0 aliphatic rings. The number of nitrogens with zero attached hydrogens (tertiary/aromatic N) is 2. The van der Waals surface area contributed by atoms with E-state index in [0.717, 1.165) is 5.69 Å². The quantitative estimate of drug-likeness (QED) is 0.464. The molecule has 0 radical (unpaired) electrons. The van der Waals surface area contributed by atoms with Gasteiger partial charge >= 0.3 is 5.91 Å². The van der Waals surface area contributed by atoms with E-state index in [1.165, 1.54) is 10.7 Å². The number of amides is 1. The van der Waals surface area contributed by atoms with Crippen LogP contribution in [0.25, 0.3) is 0 Å². The first kappa shape index (κ1) is 13.0. The second kappa shape index (κ2) is 5.07. The Hall–Kier alpha value is -2.41. The second-order valence-electron chi connectivity index (χ2n) is 4.17. The highest BCUT2D eigenvalue weighted by atomic mass is 16.4. The van der Waals surface area contributed by atoms with Crippen LogP contribution in [0.4, 0.5) is 0 Å². The third-order valence-electron chi connectivity index (χ3n) is 2.61. The summed E-state index contributed by atoms with van der Waals surface area (Å²) in [5.41, 5.74) is 3.15. The number of aromatic nitrogens is 2. The zero-order valence-electron chi connectivity index (χ0n) is 10.6. The molecule has 0 saturated carbocycles. The maximum atomic E-state index is 11.6. The smallest absolute Gasteiger partial charge is 0.301 e. The van der Waals surface area contributed by atoms with Crippen molar-refractivity contribution in [3.63, 3.8) is 0 Å². The van der Waals surface area contributed by atoms with Crippen molar-refractivity contribution in [2.24, 2.45) is 5.84 Å². The van der Waals surface area contributed by atoms with E-state index in [-0.39, 0.29) is 17.9 Å². The minimum atomic E-state index is -0.506. The van der Waals surface area contributed by atoms with Gasteiger partial charge in [0.2, 0.25) is 0 Å². The summed E-state index contributed by atoms with van der Waals surface area (Å²) in [7, 11) is 0. The SMILES string of the molecule is Cc1ccc(=O)n(Cc2cc(C)c(C(=O)NN)o2)n1. The largest absolute Gasteiger partial charge is 0.454 e. The summed E-state index contributed by atoms with van der Waals surface area (Å²) in [5, 5.41) is 4.09. The Morgan fingerprint density at radius 3 is 2.89 bits per heavy atom. The van der Waals surface area contributed by atoms with Crippen LogP contribution in [0.5, 0.6) is 0 Å². The maximum Gasteiger partial charge on any atom is 0.301 e. The maximum absolute atomic E-state index is 11.6. The van der Waals surface area contributed by atoms with Crippen molar-refractivity contribution in [3.8, 4) is 0 Å². The number of furan rings is 1. The molecule has 7 nitrogen and oxygen atoms in total. The van der Waals surface area contributed by atoms with E-state index in [1.807, 2.05) is 5.43 Å². The lowest BCUT2D eigenvalue weighted by atomic mass is 10.2.